The second kappa shape index (κ2) is 6.79. The zero-order valence-electron chi connectivity index (χ0n) is 14.0. The Morgan fingerprint density at radius 3 is 2.38 bits per heavy atom. The molecule has 1 saturated carbocycles. The Labute approximate surface area is 150 Å². The minimum absolute atomic E-state index is 0.245. The first-order chi connectivity index (χ1) is 11.8. The van der Waals surface area contributed by atoms with Gasteiger partial charge in [0.05, 0.1) is 11.5 Å². The van der Waals surface area contributed by atoms with Gasteiger partial charge >= 0.3 is 12.1 Å². The summed E-state index contributed by atoms with van der Waals surface area (Å²) in [4.78, 5) is 12.1. The Balaban J connectivity index is 2.11. The molecule has 0 bridgehead atoms. The van der Waals surface area contributed by atoms with Gasteiger partial charge < -0.3 is 4.74 Å². The first-order valence-electron chi connectivity index (χ1n) is 7.52. The van der Waals surface area contributed by atoms with Crippen molar-refractivity contribution in [1.82, 2.24) is 0 Å². The van der Waals surface area contributed by atoms with Crippen molar-refractivity contribution < 1.29 is 35.9 Å². The number of halogens is 7. The van der Waals surface area contributed by atoms with E-state index in [1.54, 1.807) is 0 Å². The molecule has 2 unspecified atom stereocenters. The van der Waals surface area contributed by atoms with Crippen LogP contribution in [0.2, 0.25) is 0 Å². The average molecular weight is 401 g/mol. The molecule has 0 saturated heterocycles. The maximum Gasteiger partial charge on any atom is 0.426 e. The lowest BCUT2D eigenvalue weighted by molar-refractivity contribution is -0.147. The van der Waals surface area contributed by atoms with Crippen LogP contribution < -0.4 is 0 Å². The molecule has 1 aromatic carbocycles. The Morgan fingerprint density at radius 2 is 1.85 bits per heavy atom. The Kier molecular flexibility index (Phi) is 5.38. The van der Waals surface area contributed by atoms with Crippen molar-refractivity contribution in [2.75, 3.05) is 0 Å². The zero-order valence-corrected chi connectivity index (χ0v) is 14.7. The standard InChI is InChI=1S/C17H15ClF6O2/c1-7-4-10(19)8(14(21)13(7)20)6-26-15(25)12-9(16(12,2)3)5-11(18)17(22,23)24/h4-5,9,12H,6H2,1-3H3. The third-order valence-corrected chi connectivity index (χ3v) is 4.90. The summed E-state index contributed by atoms with van der Waals surface area (Å²) in [7, 11) is 0. The third-order valence-electron chi connectivity index (χ3n) is 4.56. The van der Waals surface area contributed by atoms with Crippen molar-refractivity contribution in [1.29, 1.82) is 0 Å². The molecule has 1 aliphatic rings. The van der Waals surface area contributed by atoms with E-state index in [0.717, 1.165) is 12.1 Å². The fourth-order valence-electron chi connectivity index (χ4n) is 2.81. The molecule has 0 heterocycles. The summed E-state index contributed by atoms with van der Waals surface area (Å²) in [6.07, 6.45) is -4.01. The van der Waals surface area contributed by atoms with E-state index in [9.17, 15) is 31.1 Å². The van der Waals surface area contributed by atoms with Gasteiger partial charge in [0.25, 0.3) is 0 Å². The van der Waals surface area contributed by atoms with Crippen molar-refractivity contribution in [3.63, 3.8) is 0 Å². The fraction of sp³-hybridized carbons (Fsp3) is 0.471. The van der Waals surface area contributed by atoms with E-state index in [4.69, 9.17) is 16.3 Å². The van der Waals surface area contributed by atoms with Crippen molar-refractivity contribution in [2.24, 2.45) is 17.3 Å². The van der Waals surface area contributed by atoms with Crippen molar-refractivity contribution in [3.8, 4) is 0 Å². The van der Waals surface area contributed by atoms with Gasteiger partial charge in [0, 0.05) is 0 Å². The van der Waals surface area contributed by atoms with Crippen LogP contribution >= 0.6 is 11.6 Å². The van der Waals surface area contributed by atoms with Crippen LogP contribution in [0.5, 0.6) is 0 Å². The SMILES string of the molecule is Cc1cc(F)c(COC(=O)C2C(C=C(Cl)C(F)(F)F)C2(C)C)c(F)c1F. The number of rotatable bonds is 4. The van der Waals surface area contributed by atoms with Gasteiger partial charge in [0.2, 0.25) is 0 Å². The molecule has 1 fully saturated rings. The highest BCUT2D eigenvalue weighted by Gasteiger charge is 2.62. The van der Waals surface area contributed by atoms with E-state index < -0.39 is 64.1 Å². The lowest BCUT2D eigenvalue weighted by atomic mass is 10.1. The van der Waals surface area contributed by atoms with Gasteiger partial charge in [0.1, 0.15) is 17.5 Å². The number of esters is 1. The summed E-state index contributed by atoms with van der Waals surface area (Å²) in [5.74, 6) is -6.55. The zero-order chi connectivity index (χ0) is 20.0. The third kappa shape index (κ3) is 3.84. The molecule has 2 rings (SSSR count). The molecule has 2 atom stereocenters. The maximum atomic E-state index is 13.8. The van der Waals surface area contributed by atoms with E-state index in [-0.39, 0.29) is 5.56 Å². The van der Waals surface area contributed by atoms with Gasteiger partial charge in [-0.05, 0) is 29.9 Å². The van der Waals surface area contributed by atoms with Gasteiger partial charge in [0.15, 0.2) is 11.6 Å². The Morgan fingerprint density at radius 1 is 1.27 bits per heavy atom. The summed E-state index contributed by atoms with van der Waals surface area (Å²) in [6.45, 7) is 3.37. The predicted octanol–water partition coefficient (Wildman–Crippen LogP) is 5.41. The average Bonchev–Trinajstić information content (AvgIpc) is 3.04. The fourth-order valence-corrected chi connectivity index (χ4v) is 2.94. The molecular weight excluding hydrogens is 386 g/mol. The number of benzene rings is 1. The molecule has 0 N–H and O–H groups in total. The molecule has 0 aromatic heterocycles. The maximum absolute atomic E-state index is 13.8. The molecule has 26 heavy (non-hydrogen) atoms. The molecule has 144 valence electrons. The van der Waals surface area contributed by atoms with Gasteiger partial charge in [-0.2, -0.15) is 13.2 Å². The summed E-state index contributed by atoms with van der Waals surface area (Å²) in [6, 6.07) is 0.761. The second-order valence-corrected chi connectivity index (χ2v) is 7.13. The lowest BCUT2D eigenvalue weighted by Crippen LogP contribution is -2.13. The number of allylic oxidation sites excluding steroid dienone is 2. The largest absolute Gasteiger partial charge is 0.460 e. The van der Waals surface area contributed by atoms with Crippen LogP contribution in [0.15, 0.2) is 17.2 Å². The molecule has 0 radical (unpaired) electrons. The molecule has 0 spiro atoms. The minimum atomic E-state index is -4.74. The molecule has 9 heteroatoms. The van der Waals surface area contributed by atoms with E-state index in [1.165, 1.54) is 20.8 Å². The van der Waals surface area contributed by atoms with Gasteiger partial charge in [-0.3, -0.25) is 4.79 Å². The molecule has 2 nitrogen and oxygen atoms in total. The number of hydrogen-bond donors (Lipinski definition) is 0. The highest BCUT2D eigenvalue weighted by molar-refractivity contribution is 6.30. The van der Waals surface area contributed by atoms with E-state index in [2.05, 4.69) is 0 Å². The molecule has 1 aliphatic carbocycles. The van der Waals surface area contributed by atoms with E-state index >= 15 is 0 Å². The number of ether oxygens (including phenoxy) is 1. The van der Waals surface area contributed by atoms with E-state index in [1.807, 2.05) is 0 Å². The molecule has 1 aromatic rings. The van der Waals surface area contributed by atoms with Crippen molar-refractivity contribution in [3.05, 3.63) is 45.8 Å². The van der Waals surface area contributed by atoms with E-state index in [0.29, 0.717) is 0 Å². The van der Waals surface area contributed by atoms with Gasteiger partial charge in [-0.1, -0.05) is 31.5 Å². The number of carbonyl (C=O) groups is 1. The Hall–Kier alpha value is -1.70. The van der Waals surface area contributed by atoms with Crippen LogP contribution in [0.4, 0.5) is 26.3 Å². The first kappa shape index (κ1) is 20.6. The number of alkyl halides is 3. The number of aryl methyl sites for hydroxylation is 1. The summed E-state index contributed by atoms with van der Waals surface area (Å²) >= 11 is 5.18. The number of carbonyl (C=O) groups excluding carboxylic acids is 1. The first-order valence-corrected chi connectivity index (χ1v) is 7.90. The molecular formula is C17H15ClF6O2. The van der Waals surface area contributed by atoms with Gasteiger partial charge in [-0.25, -0.2) is 13.2 Å². The predicted molar refractivity (Wildman–Crippen MR) is 81.6 cm³/mol. The summed E-state index contributed by atoms with van der Waals surface area (Å²) in [5.41, 5.74) is -1.87. The van der Waals surface area contributed by atoms with Crippen LogP contribution in [0.25, 0.3) is 0 Å². The quantitative estimate of drug-likeness (QED) is 0.383. The topological polar surface area (TPSA) is 26.3 Å². The van der Waals surface area contributed by atoms with Crippen LogP contribution in [0.1, 0.15) is 25.0 Å². The molecule has 0 amide bonds. The summed E-state index contributed by atoms with van der Waals surface area (Å²) in [5, 5.41) is -1.36. The van der Waals surface area contributed by atoms with Crippen LogP contribution in [0, 0.1) is 41.6 Å². The molecule has 0 aliphatic heterocycles. The summed E-state index contributed by atoms with van der Waals surface area (Å²) < 4.78 is 83.3. The van der Waals surface area contributed by atoms with Gasteiger partial charge in [-0.15, -0.1) is 0 Å². The Bertz CT molecular complexity index is 769. The minimum Gasteiger partial charge on any atom is -0.460 e. The van der Waals surface area contributed by atoms with Crippen LogP contribution in [0.3, 0.4) is 0 Å². The monoisotopic (exact) mass is 400 g/mol. The highest BCUT2D eigenvalue weighted by Crippen LogP contribution is 2.60. The smallest absolute Gasteiger partial charge is 0.426 e. The van der Waals surface area contributed by atoms with Crippen molar-refractivity contribution in [2.45, 2.75) is 33.6 Å². The lowest BCUT2D eigenvalue weighted by Gasteiger charge is -2.09. The van der Waals surface area contributed by atoms with Crippen molar-refractivity contribution >= 4 is 17.6 Å². The normalized spacial score (nSPS) is 22.3. The van der Waals surface area contributed by atoms with Crippen LogP contribution in [-0.4, -0.2) is 12.1 Å². The second-order valence-electron chi connectivity index (χ2n) is 6.73. The number of hydrogen-bond acceptors (Lipinski definition) is 2. The van der Waals surface area contributed by atoms with Crippen LogP contribution in [-0.2, 0) is 16.1 Å². The highest BCUT2D eigenvalue weighted by atomic mass is 35.5.